The van der Waals surface area contributed by atoms with Crippen molar-refractivity contribution in [2.24, 2.45) is 0 Å². The maximum Gasteiger partial charge on any atom is 0.255 e. The molecule has 1 saturated heterocycles. The Labute approximate surface area is 153 Å². The van der Waals surface area contributed by atoms with Crippen molar-refractivity contribution in [2.75, 3.05) is 36.4 Å². The lowest BCUT2D eigenvalue weighted by atomic mass is 10.1. The summed E-state index contributed by atoms with van der Waals surface area (Å²) < 4.78 is 0. The van der Waals surface area contributed by atoms with Crippen LogP contribution in [0, 0.1) is 13.8 Å². The Bertz CT molecular complexity index is 809. The highest BCUT2D eigenvalue weighted by Crippen LogP contribution is 2.17. The molecule has 0 bridgehead atoms. The van der Waals surface area contributed by atoms with E-state index in [1.54, 1.807) is 13.1 Å². The second-order valence-corrected chi connectivity index (χ2v) is 6.65. The molecule has 3 rings (SSSR count). The summed E-state index contributed by atoms with van der Waals surface area (Å²) in [6.07, 6.45) is 1.67. The molecule has 26 heavy (non-hydrogen) atoms. The van der Waals surface area contributed by atoms with Gasteiger partial charge in [-0.25, -0.2) is 4.98 Å². The van der Waals surface area contributed by atoms with Gasteiger partial charge in [0.05, 0.1) is 11.9 Å². The van der Waals surface area contributed by atoms with Crippen molar-refractivity contribution in [1.29, 1.82) is 0 Å². The molecule has 2 heterocycles. The van der Waals surface area contributed by atoms with Crippen molar-refractivity contribution in [2.45, 2.75) is 20.8 Å². The van der Waals surface area contributed by atoms with E-state index in [4.69, 9.17) is 0 Å². The summed E-state index contributed by atoms with van der Waals surface area (Å²) in [5, 5.41) is 2.88. The van der Waals surface area contributed by atoms with Gasteiger partial charge in [-0.3, -0.25) is 9.59 Å². The fraction of sp³-hybridized carbons (Fsp3) is 0.350. The van der Waals surface area contributed by atoms with E-state index in [0.29, 0.717) is 24.3 Å². The number of pyridine rings is 1. The molecule has 1 N–H and O–H groups in total. The van der Waals surface area contributed by atoms with E-state index in [1.165, 1.54) is 0 Å². The van der Waals surface area contributed by atoms with Gasteiger partial charge in [-0.2, -0.15) is 0 Å². The Kier molecular flexibility index (Phi) is 5.21. The van der Waals surface area contributed by atoms with Crippen LogP contribution in [-0.4, -0.2) is 47.9 Å². The van der Waals surface area contributed by atoms with E-state index in [0.717, 1.165) is 30.0 Å². The molecule has 1 aromatic carbocycles. The number of piperazine rings is 1. The average molecular weight is 352 g/mol. The fourth-order valence-electron chi connectivity index (χ4n) is 2.98. The predicted molar refractivity (Wildman–Crippen MR) is 103 cm³/mol. The Morgan fingerprint density at radius 1 is 1.00 bits per heavy atom. The molecule has 0 saturated carbocycles. The Morgan fingerprint density at radius 2 is 1.73 bits per heavy atom. The van der Waals surface area contributed by atoms with Crippen LogP contribution in [0.25, 0.3) is 0 Å². The first-order chi connectivity index (χ1) is 12.4. The number of hydrogen-bond donors (Lipinski definition) is 1. The van der Waals surface area contributed by atoms with E-state index in [-0.39, 0.29) is 11.8 Å². The van der Waals surface area contributed by atoms with Crippen LogP contribution in [0.1, 0.15) is 28.4 Å². The van der Waals surface area contributed by atoms with Crippen LogP contribution in [-0.2, 0) is 4.79 Å². The number of benzene rings is 1. The fourth-order valence-corrected chi connectivity index (χ4v) is 2.98. The molecule has 6 heteroatoms. The molecule has 0 radical (unpaired) electrons. The maximum atomic E-state index is 12.4. The monoisotopic (exact) mass is 352 g/mol. The minimum atomic E-state index is -0.141. The largest absolute Gasteiger partial charge is 0.353 e. The number of hydrogen-bond acceptors (Lipinski definition) is 4. The van der Waals surface area contributed by atoms with Crippen LogP contribution in [0.4, 0.5) is 11.5 Å². The molecule has 2 amide bonds. The zero-order chi connectivity index (χ0) is 18.7. The van der Waals surface area contributed by atoms with Gasteiger partial charge >= 0.3 is 0 Å². The second-order valence-electron chi connectivity index (χ2n) is 6.65. The van der Waals surface area contributed by atoms with Crippen molar-refractivity contribution in [1.82, 2.24) is 9.88 Å². The summed E-state index contributed by atoms with van der Waals surface area (Å²) >= 11 is 0. The molecule has 1 aliphatic heterocycles. The minimum Gasteiger partial charge on any atom is -0.353 e. The van der Waals surface area contributed by atoms with Crippen molar-refractivity contribution < 1.29 is 9.59 Å². The zero-order valence-electron chi connectivity index (χ0n) is 15.5. The van der Waals surface area contributed by atoms with Crippen LogP contribution < -0.4 is 10.2 Å². The lowest BCUT2D eigenvalue weighted by molar-refractivity contribution is -0.129. The van der Waals surface area contributed by atoms with Gasteiger partial charge in [0.25, 0.3) is 5.91 Å². The molecule has 136 valence electrons. The maximum absolute atomic E-state index is 12.4. The standard InChI is InChI=1S/C20H24N4O2/c1-14-4-5-17(12-15(14)2)20(26)22-18-6-7-19(21-13-18)24-10-8-23(9-11-24)16(3)25/h4-7,12-13H,8-11H2,1-3H3,(H,22,26). The Morgan fingerprint density at radius 3 is 2.31 bits per heavy atom. The van der Waals surface area contributed by atoms with Gasteiger partial charge in [0.2, 0.25) is 5.91 Å². The van der Waals surface area contributed by atoms with E-state index in [2.05, 4.69) is 15.2 Å². The van der Waals surface area contributed by atoms with Crippen LogP contribution in [0.3, 0.4) is 0 Å². The van der Waals surface area contributed by atoms with Crippen LogP contribution in [0.5, 0.6) is 0 Å². The van der Waals surface area contributed by atoms with Gasteiger partial charge in [0.1, 0.15) is 5.82 Å². The number of rotatable bonds is 3. The quantitative estimate of drug-likeness (QED) is 0.922. The first-order valence-corrected chi connectivity index (χ1v) is 8.79. The molecular formula is C20H24N4O2. The summed E-state index contributed by atoms with van der Waals surface area (Å²) in [6.45, 7) is 8.57. The van der Waals surface area contributed by atoms with Gasteiger partial charge in [0.15, 0.2) is 0 Å². The van der Waals surface area contributed by atoms with E-state index in [1.807, 2.05) is 49.1 Å². The highest BCUT2D eigenvalue weighted by molar-refractivity contribution is 6.04. The van der Waals surface area contributed by atoms with Crippen LogP contribution in [0.15, 0.2) is 36.5 Å². The van der Waals surface area contributed by atoms with Gasteiger partial charge in [-0.1, -0.05) is 6.07 Å². The normalized spacial score (nSPS) is 14.3. The average Bonchev–Trinajstić information content (AvgIpc) is 2.64. The molecule has 6 nitrogen and oxygen atoms in total. The highest BCUT2D eigenvalue weighted by Gasteiger charge is 2.19. The van der Waals surface area contributed by atoms with Gasteiger partial charge in [0, 0.05) is 38.7 Å². The second kappa shape index (κ2) is 7.56. The molecule has 2 aromatic rings. The first-order valence-electron chi connectivity index (χ1n) is 8.79. The first kappa shape index (κ1) is 17.9. The molecular weight excluding hydrogens is 328 g/mol. The third-order valence-corrected chi connectivity index (χ3v) is 4.82. The van der Waals surface area contributed by atoms with Crippen molar-refractivity contribution >= 4 is 23.3 Å². The third kappa shape index (κ3) is 4.02. The minimum absolute atomic E-state index is 0.113. The number of amides is 2. The Balaban J connectivity index is 1.62. The molecule has 1 fully saturated rings. The van der Waals surface area contributed by atoms with Gasteiger partial charge in [-0.15, -0.1) is 0 Å². The molecule has 0 spiro atoms. The number of carbonyl (C=O) groups excluding carboxylic acids is 2. The molecule has 0 aliphatic carbocycles. The smallest absolute Gasteiger partial charge is 0.255 e. The number of aromatic nitrogens is 1. The van der Waals surface area contributed by atoms with E-state index >= 15 is 0 Å². The van der Waals surface area contributed by atoms with E-state index in [9.17, 15) is 9.59 Å². The Hall–Kier alpha value is -2.89. The van der Waals surface area contributed by atoms with Crippen LogP contribution in [0.2, 0.25) is 0 Å². The number of aryl methyl sites for hydroxylation is 2. The van der Waals surface area contributed by atoms with E-state index < -0.39 is 0 Å². The molecule has 1 aliphatic rings. The summed E-state index contributed by atoms with van der Waals surface area (Å²) in [7, 11) is 0. The summed E-state index contributed by atoms with van der Waals surface area (Å²) in [6, 6.07) is 9.43. The highest BCUT2D eigenvalue weighted by atomic mass is 16.2. The number of carbonyl (C=O) groups is 2. The molecule has 0 unspecified atom stereocenters. The number of nitrogens with zero attached hydrogens (tertiary/aromatic N) is 3. The van der Waals surface area contributed by atoms with Gasteiger partial charge < -0.3 is 15.1 Å². The summed E-state index contributed by atoms with van der Waals surface area (Å²) in [5.74, 6) is 0.831. The SMILES string of the molecule is CC(=O)N1CCN(c2ccc(NC(=O)c3ccc(C)c(C)c3)cn2)CC1. The molecule has 1 aromatic heterocycles. The summed E-state index contributed by atoms with van der Waals surface area (Å²) in [4.78, 5) is 32.2. The third-order valence-electron chi connectivity index (χ3n) is 4.82. The number of anilines is 2. The van der Waals surface area contributed by atoms with Gasteiger partial charge in [-0.05, 0) is 49.2 Å². The van der Waals surface area contributed by atoms with Crippen LogP contribution >= 0.6 is 0 Å². The topological polar surface area (TPSA) is 65.5 Å². The lowest BCUT2D eigenvalue weighted by Crippen LogP contribution is -2.48. The predicted octanol–water partition coefficient (Wildman–Crippen LogP) is 2.62. The van der Waals surface area contributed by atoms with Crippen molar-refractivity contribution in [3.63, 3.8) is 0 Å². The lowest BCUT2D eigenvalue weighted by Gasteiger charge is -2.34. The summed E-state index contributed by atoms with van der Waals surface area (Å²) in [5.41, 5.74) is 3.56. The number of nitrogens with one attached hydrogen (secondary N) is 1. The van der Waals surface area contributed by atoms with Crippen molar-refractivity contribution in [3.8, 4) is 0 Å². The zero-order valence-corrected chi connectivity index (χ0v) is 15.5. The molecule has 0 atom stereocenters. The van der Waals surface area contributed by atoms with Crippen molar-refractivity contribution in [3.05, 3.63) is 53.2 Å².